The van der Waals surface area contributed by atoms with E-state index >= 15 is 0 Å². The van der Waals surface area contributed by atoms with Crippen LogP contribution in [0.5, 0.6) is 0 Å². The van der Waals surface area contributed by atoms with Gasteiger partial charge in [-0.25, -0.2) is 0 Å². The number of aryl methyl sites for hydroxylation is 1. The molecule has 35 heavy (non-hydrogen) atoms. The van der Waals surface area contributed by atoms with E-state index in [0.29, 0.717) is 6.42 Å². The lowest BCUT2D eigenvalue weighted by molar-refractivity contribution is 0.769. The Balaban J connectivity index is 1.49. The van der Waals surface area contributed by atoms with Gasteiger partial charge in [0.15, 0.2) is 0 Å². The Bertz CT molecular complexity index is 1210. The molecule has 3 aromatic carbocycles. The summed E-state index contributed by atoms with van der Waals surface area (Å²) in [5.41, 5.74) is 8.18. The smallest absolute Gasteiger partial charge is 0.0655 e. The summed E-state index contributed by atoms with van der Waals surface area (Å²) in [6.07, 6.45) is 7.07. The molecular formula is C31H34N4. The number of aliphatic imine (C=N–C) groups is 2. The van der Waals surface area contributed by atoms with Gasteiger partial charge in [0.2, 0.25) is 0 Å². The van der Waals surface area contributed by atoms with Crippen molar-refractivity contribution in [1.29, 1.82) is 0 Å². The molecule has 4 nitrogen and oxygen atoms in total. The van der Waals surface area contributed by atoms with Crippen LogP contribution in [-0.4, -0.2) is 12.4 Å². The number of anilines is 1. The van der Waals surface area contributed by atoms with Gasteiger partial charge in [0.05, 0.1) is 5.69 Å². The molecule has 0 aliphatic carbocycles. The Morgan fingerprint density at radius 3 is 2.34 bits per heavy atom. The van der Waals surface area contributed by atoms with E-state index in [1.54, 1.807) is 6.21 Å². The molecule has 0 fully saturated rings. The minimum atomic E-state index is 0.639. The summed E-state index contributed by atoms with van der Waals surface area (Å²) < 4.78 is 0. The number of para-hydroxylation sites is 1. The van der Waals surface area contributed by atoms with Gasteiger partial charge in [-0.1, -0.05) is 74.7 Å². The second kappa shape index (κ2) is 13.5. The summed E-state index contributed by atoms with van der Waals surface area (Å²) in [5.74, 6) is 0. The van der Waals surface area contributed by atoms with Gasteiger partial charge in [0, 0.05) is 48.7 Å². The van der Waals surface area contributed by atoms with E-state index in [1.165, 1.54) is 5.56 Å². The molecule has 0 atom stereocenters. The van der Waals surface area contributed by atoms with Crippen molar-refractivity contribution < 1.29 is 0 Å². The van der Waals surface area contributed by atoms with E-state index in [4.69, 9.17) is 0 Å². The lowest BCUT2D eigenvalue weighted by atomic mass is 10.1. The fraction of sp³-hybridized carbons (Fsp3) is 0.161. The molecule has 0 saturated carbocycles. The van der Waals surface area contributed by atoms with Gasteiger partial charge in [-0.2, -0.15) is 0 Å². The van der Waals surface area contributed by atoms with Crippen molar-refractivity contribution in [3.8, 4) is 0 Å². The Morgan fingerprint density at radius 2 is 1.66 bits per heavy atom. The highest BCUT2D eigenvalue weighted by Crippen LogP contribution is 2.24. The molecule has 0 spiro atoms. The van der Waals surface area contributed by atoms with Gasteiger partial charge in [-0.15, -0.1) is 0 Å². The third-order valence-electron chi connectivity index (χ3n) is 5.43. The number of rotatable bonds is 12. The third-order valence-corrected chi connectivity index (χ3v) is 5.43. The Hall–Kier alpha value is -4.18. The Labute approximate surface area is 209 Å². The zero-order valence-electron chi connectivity index (χ0n) is 20.7. The first-order chi connectivity index (χ1) is 17.0. The second-order valence-corrected chi connectivity index (χ2v) is 8.27. The molecule has 0 unspecified atom stereocenters. The van der Waals surface area contributed by atoms with E-state index in [1.807, 2.05) is 73.1 Å². The van der Waals surface area contributed by atoms with Gasteiger partial charge in [0.25, 0.3) is 0 Å². The molecule has 178 valence electrons. The molecule has 0 bridgehead atoms. The maximum absolute atomic E-state index is 4.63. The van der Waals surface area contributed by atoms with Crippen LogP contribution in [0.4, 0.5) is 11.4 Å². The topological polar surface area (TPSA) is 48.8 Å². The highest BCUT2D eigenvalue weighted by Gasteiger charge is 2.03. The van der Waals surface area contributed by atoms with E-state index in [2.05, 4.69) is 65.8 Å². The van der Waals surface area contributed by atoms with Crippen molar-refractivity contribution in [2.75, 3.05) is 5.32 Å². The molecular weight excluding hydrogens is 428 g/mol. The first-order valence-electron chi connectivity index (χ1n) is 11.9. The van der Waals surface area contributed by atoms with Crippen LogP contribution < -0.4 is 10.6 Å². The van der Waals surface area contributed by atoms with Gasteiger partial charge in [-0.05, 0) is 59.9 Å². The maximum Gasteiger partial charge on any atom is 0.0655 e. The quantitative estimate of drug-likeness (QED) is 0.269. The summed E-state index contributed by atoms with van der Waals surface area (Å²) in [5, 5.41) is 6.78. The highest BCUT2D eigenvalue weighted by atomic mass is 14.9. The number of hydrogen-bond donors (Lipinski definition) is 2. The third kappa shape index (κ3) is 8.59. The largest absolute Gasteiger partial charge is 0.383 e. The normalized spacial score (nSPS) is 11.7. The number of nitrogens with zero attached hydrogens (tertiary/aromatic N) is 2. The summed E-state index contributed by atoms with van der Waals surface area (Å²) in [4.78, 5) is 9.06. The molecule has 0 saturated heterocycles. The van der Waals surface area contributed by atoms with Crippen LogP contribution in [0.25, 0.3) is 5.70 Å². The van der Waals surface area contributed by atoms with E-state index in [9.17, 15) is 0 Å². The Kier molecular flexibility index (Phi) is 9.82. The van der Waals surface area contributed by atoms with Gasteiger partial charge in [-0.3, -0.25) is 9.98 Å². The van der Waals surface area contributed by atoms with Gasteiger partial charge >= 0.3 is 0 Å². The minimum absolute atomic E-state index is 0.639. The fourth-order valence-corrected chi connectivity index (χ4v) is 3.38. The monoisotopic (exact) mass is 462 g/mol. The minimum Gasteiger partial charge on any atom is -0.383 e. The lowest BCUT2D eigenvalue weighted by Gasteiger charge is -2.11. The van der Waals surface area contributed by atoms with Crippen LogP contribution in [0.3, 0.4) is 0 Å². The predicted molar refractivity (Wildman–Crippen MR) is 152 cm³/mol. The summed E-state index contributed by atoms with van der Waals surface area (Å²) in [6.45, 7) is 13.2. The van der Waals surface area contributed by atoms with E-state index < -0.39 is 0 Å². The van der Waals surface area contributed by atoms with E-state index in [-0.39, 0.29) is 0 Å². The average molecular weight is 463 g/mol. The molecule has 4 heteroatoms. The van der Waals surface area contributed by atoms with Crippen molar-refractivity contribution in [2.45, 2.75) is 33.2 Å². The molecule has 0 radical (unpaired) electrons. The molecule has 0 aliphatic rings. The fourth-order valence-electron chi connectivity index (χ4n) is 3.38. The molecule has 0 aliphatic heterocycles. The highest BCUT2D eigenvalue weighted by molar-refractivity contribution is 5.84. The van der Waals surface area contributed by atoms with Crippen molar-refractivity contribution in [2.24, 2.45) is 9.98 Å². The van der Waals surface area contributed by atoms with Gasteiger partial charge in [0.1, 0.15) is 0 Å². The number of nitrogens with one attached hydrogen (secondary N) is 2. The molecule has 0 aromatic heterocycles. The zero-order chi connectivity index (χ0) is 24.9. The summed E-state index contributed by atoms with van der Waals surface area (Å²) in [6, 6.07) is 26.5. The first kappa shape index (κ1) is 25.4. The summed E-state index contributed by atoms with van der Waals surface area (Å²) in [7, 11) is 0. The maximum atomic E-state index is 4.63. The number of hydrogen-bond acceptors (Lipinski definition) is 4. The van der Waals surface area contributed by atoms with E-state index in [0.717, 1.165) is 52.4 Å². The molecule has 0 heterocycles. The zero-order valence-corrected chi connectivity index (χ0v) is 20.7. The average Bonchev–Trinajstić information content (AvgIpc) is 2.88. The lowest BCUT2D eigenvalue weighted by Crippen LogP contribution is -2.11. The SMILES string of the molecule is C=C(C=N/C=C(\CC)NCc1ccccc1)CC=Nc1ccc(C(=C)Nc2ccccc2)cc1C. The molecule has 2 N–H and O–H groups in total. The molecule has 3 rings (SSSR count). The standard InChI is InChI=1S/C31H34N4/c1-5-29(34-22-27-12-8-6-9-13-27)23-32-21-24(2)18-19-33-31-17-16-28(20-25(31)3)26(4)35-30-14-10-7-11-15-30/h6-17,19-21,23,34-35H,2,4-5,18,22H2,1,3H3/b29-23+,32-21?,33-19?. The van der Waals surface area contributed by atoms with Crippen LogP contribution in [0.15, 0.2) is 119 Å². The Morgan fingerprint density at radius 1 is 0.943 bits per heavy atom. The van der Waals surface area contributed by atoms with Crippen LogP contribution in [0.2, 0.25) is 0 Å². The van der Waals surface area contributed by atoms with Crippen LogP contribution in [-0.2, 0) is 6.54 Å². The van der Waals surface area contributed by atoms with Crippen molar-refractivity contribution >= 4 is 29.5 Å². The van der Waals surface area contributed by atoms with Crippen molar-refractivity contribution in [3.63, 3.8) is 0 Å². The van der Waals surface area contributed by atoms with Crippen LogP contribution in [0.1, 0.15) is 36.5 Å². The first-order valence-corrected chi connectivity index (χ1v) is 11.9. The molecule has 0 amide bonds. The number of allylic oxidation sites excluding steroid dienone is 2. The second-order valence-electron chi connectivity index (χ2n) is 8.27. The molecule has 3 aromatic rings. The van der Waals surface area contributed by atoms with Crippen LogP contribution in [0, 0.1) is 6.92 Å². The van der Waals surface area contributed by atoms with Crippen molar-refractivity contribution in [1.82, 2.24) is 5.32 Å². The van der Waals surface area contributed by atoms with Gasteiger partial charge < -0.3 is 10.6 Å². The number of benzene rings is 3. The van der Waals surface area contributed by atoms with Crippen molar-refractivity contribution in [3.05, 3.63) is 126 Å². The summed E-state index contributed by atoms with van der Waals surface area (Å²) >= 11 is 0. The van der Waals surface area contributed by atoms with Crippen LogP contribution >= 0.6 is 0 Å². The predicted octanol–water partition coefficient (Wildman–Crippen LogP) is 7.84.